The standard InChI is InChI=1S/C12H13Cl2NO3/c1-3-18-12(17)11(7(2)16)15-8-4-5-9(13)10(14)6-8/h4-6,11,15H,3H2,1-2H3. The minimum absolute atomic E-state index is 0.214. The zero-order chi connectivity index (χ0) is 13.7. The van der Waals surface area contributed by atoms with Crippen LogP contribution < -0.4 is 5.32 Å². The summed E-state index contributed by atoms with van der Waals surface area (Å²) in [7, 11) is 0. The highest BCUT2D eigenvalue weighted by molar-refractivity contribution is 6.42. The van der Waals surface area contributed by atoms with Crippen LogP contribution in [0.3, 0.4) is 0 Å². The lowest BCUT2D eigenvalue weighted by atomic mass is 10.2. The molecule has 0 fully saturated rings. The van der Waals surface area contributed by atoms with E-state index in [-0.39, 0.29) is 12.4 Å². The number of anilines is 1. The molecule has 1 N–H and O–H groups in total. The van der Waals surface area contributed by atoms with E-state index in [4.69, 9.17) is 27.9 Å². The third-order valence-corrected chi connectivity index (χ3v) is 2.90. The molecule has 0 bridgehead atoms. The zero-order valence-corrected chi connectivity index (χ0v) is 11.5. The van der Waals surface area contributed by atoms with Gasteiger partial charge in [0.25, 0.3) is 0 Å². The molecule has 0 saturated heterocycles. The molecule has 0 aliphatic carbocycles. The van der Waals surface area contributed by atoms with Crippen molar-refractivity contribution in [1.82, 2.24) is 0 Å². The first-order valence-corrected chi connectivity index (χ1v) is 6.10. The Balaban J connectivity index is 2.86. The fourth-order valence-electron chi connectivity index (χ4n) is 1.30. The van der Waals surface area contributed by atoms with Crippen molar-refractivity contribution in [3.8, 4) is 0 Å². The van der Waals surface area contributed by atoms with E-state index in [0.717, 1.165) is 0 Å². The monoisotopic (exact) mass is 289 g/mol. The van der Waals surface area contributed by atoms with E-state index in [2.05, 4.69) is 5.32 Å². The van der Waals surface area contributed by atoms with Crippen molar-refractivity contribution in [3.63, 3.8) is 0 Å². The van der Waals surface area contributed by atoms with Gasteiger partial charge in [0, 0.05) is 5.69 Å². The van der Waals surface area contributed by atoms with E-state index in [0.29, 0.717) is 15.7 Å². The fourth-order valence-corrected chi connectivity index (χ4v) is 1.60. The highest BCUT2D eigenvalue weighted by Crippen LogP contribution is 2.25. The minimum atomic E-state index is -1.04. The smallest absolute Gasteiger partial charge is 0.336 e. The molecule has 18 heavy (non-hydrogen) atoms. The Bertz CT molecular complexity index is 463. The molecule has 0 spiro atoms. The van der Waals surface area contributed by atoms with Gasteiger partial charge in [-0.25, -0.2) is 4.79 Å². The SMILES string of the molecule is CCOC(=O)C(Nc1ccc(Cl)c(Cl)c1)C(C)=O. The molecule has 0 radical (unpaired) electrons. The third-order valence-electron chi connectivity index (χ3n) is 2.16. The second-order valence-electron chi connectivity index (χ2n) is 3.57. The normalized spacial score (nSPS) is 11.8. The molecule has 0 amide bonds. The number of carbonyl (C=O) groups is 2. The fraction of sp³-hybridized carbons (Fsp3) is 0.333. The maximum Gasteiger partial charge on any atom is 0.336 e. The van der Waals surface area contributed by atoms with E-state index in [1.54, 1.807) is 25.1 Å². The van der Waals surface area contributed by atoms with E-state index in [9.17, 15) is 9.59 Å². The second kappa shape index (κ2) is 6.61. The van der Waals surface area contributed by atoms with Gasteiger partial charge < -0.3 is 10.1 Å². The van der Waals surface area contributed by atoms with Crippen molar-refractivity contribution in [1.29, 1.82) is 0 Å². The second-order valence-corrected chi connectivity index (χ2v) is 4.38. The Hall–Kier alpha value is -1.26. The predicted molar refractivity (Wildman–Crippen MR) is 71.2 cm³/mol. The summed E-state index contributed by atoms with van der Waals surface area (Å²) in [4.78, 5) is 23.0. The van der Waals surface area contributed by atoms with Gasteiger partial charge in [-0.2, -0.15) is 0 Å². The summed E-state index contributed by atoms with van der Waals surface area (Å²) in [6.45, 7) is 3.20. The zero-order valence-electron chi connectivity index (χ0n) is 10.00. The van der Waals surface area contributed by atoms with Crippen LogP contribution in [-0.2, 0) is 14.3 Å². The highest BCUT2D eigenvalue weighted by atomic mass is 35.5. The number of hydrogen-bond acceptors (Lipinski definition) is 4. The van der Waals surface area contributed by atoms with Crippen molar-refractivity contribution < 1.29 is 14.3 Å². The summed E-state index contributed by atoms with van der Waals surface area (Å²) in [5, 5.41) is 3.51. The van der Waals surface area contributed by atoms with Crippen molar-refractivity contribution in [3.05, 3.63) is 28.2 Å². The summed E-state index contributed by atoms with van der Waals surface area (Å²) in [5.41, 5.74) is 0.526. The van der Waals surface area contributed by atoms with Gasteiger partial charge in [0.2, 0.25) is 0 Å². The predicted octanol–water partition coefficient (Wildman–Crippen LogP) is 2.93. The lowest BCUT2D eigenvalue weighted by molar-refractivity contribution is -0.146. The molecule has 0 aliphatic rings. The van der Waals surface area contributed by atoms with Crippen molar-refractivity contribution in [2.24, 2.45) is 0 Å². The van der Waals surface area contributed by atoms with Gasteiger partial charge in [-0.15, -0.1) is 0 Å². The number of esters is 1. The molecule has 1 aromatic rings. The minimum Gasteiger partial charge on any atom is -0.464 e. The van der Waals surface area contributed by atoms with Gasteiger partial charge in [0.05, 0.1) is 16.7 Å². The van der Waals surface area contributed by atoms with E-state index < -0.39 is 12.0 Å². The Morgan fingerprint density at radius 3 is 2.50 bits per heavy atom. The van der Waals surface area contributed by atoms with Gasteiger partial charge in [-0.05, 0) is 32.0 Å². The van der Waals surface area contributed by atoms with E-state index in [1.807, 2.05) is 0 Å². The third kappa shape index (κ3) is 3.89. The number of halogens is 2. The Morgan fingerprint density at radius 2 is 2.00 bits per heavy atom. The van der Waals surface area contributed by atoms with Gasteiger partial charge in [-0.1, -0.05) is 23.2 Å². The summed E-state index contributed by atoms with van der Waals surface area (Å²) in [6, 6.07) is 3.71. The van der Waals surface area contributed by atoms with Crippen LogP contribution >= 0.6 is 23.2 Å². The van der Waals surface area contributed by atoms with Crippen LogP contribution in [0.1, 0.15) is 13.8 Å². The van der Waals surface area contributed by atoms with Crippen LogP contribution in [0.15, 0.2) is 18.2 Å². The molecule has 1 atom stereocenters. The lowest BCUT2D eigenvalue weighted by Crippen LogP contribution is -2.37. The van der Waals surface area contributed by atoms with Crippen LogP contribution in [-0.4, -0.2) is 24.4 Å². The molecule has 0 aromatic heterocycles. The number of carbonyl (C=O) groups excluding carboxylic acids is 2. The largest absolute Gasteiger partial charge is 0.464 e. The molecule has 6 heteroatoms. The average Bonchev–Trinajstić information content (AvgIpc) is 2.30. The number of Topliss-reactive ketones (excluding diaryl/α,β-unsaturated/α-hetero) is 1. The van der Waals surface area contributed by atoms with E-state index in [1.165, 1.54) is 6.92 Å². The number of ether oxygens (including phenoxy) is 1. The molecule has 0 aliphatic heterocycles. The summed E-state index contributed by atoms with van der Waals surface area (Å²) < 4.78 is 4.81. The Kier molecular flexibility index (Phi) is 5.44. The number of hydrogen-bond donors (Lipinski definition) is 1. The molecule has 1 aromatic carbocycles. The van der Waals surface area contributed by atoms with Crippen molar-refractivity contribution in [2.75, 3.05) is 11.9 Å². The van der Waals surface area contributed by atoms with Crippen molar-refractivity contribution >= 4 is 40.6 Å². The topological polar surface area (TPSA) is 55.4 Å². The maximum absolute atomic E-state index is 11.6. The molecule has 4 nitrogen and oxygen atoms in total. The number of nitrogens with one attached hydrogen (secondary N) is 1. The Morgan fingerprint density at radius 1 is 1.33 bits per heavy atom. The number of benzene rings is 1. The van der Waals surface area contributed by atoms with Gasteiger partial charge >= 0.3 is 5.97 Å². The summed E-state index contributed by atoms with van der Waals surface area (Å²) >= 11 is 11.6. The number of rotatable bonds is 5. The molecule has 0 heterocycles. The first-order valence-electron chi connectivity index (χ1n) is 5.34. The van der Waals surface area contributed by atoms with Crippen LogP contribution in [0, 0.1) is 0 Å². The quantitative estimate of drug-likeness (QED) is 0.669. The lowest BCUT2D eigenvalue weighted by Gasteiger charge is -2.15. The average molecular weight is 290 g/mol. The molecule has 1 unspecified atom stereocenters. The van der Waals surface area contributed by atoms with Gasteiger partial charge in [0.1, 0.15) is 0 Å². The maximum atomic E-state index is 11.6. The van der Waals surface area contributed by atoms with Crippen LogP contribution in [0.25, 0.3) is 0 Å². The summed E-state index contributed by atoms with van der Waals surface area (Å²) in [5.74, 6) is -0.949. The van der Waals surface area contributed by atoms with Crippen LogP contribution in [0.4, 0.5) is 5.69 Å². The number of ketones is 1. The Labute approximate surface area is 115 Å². The molecular formula is C12H13Cl2NO3. The molecule has 1 rings (SSSR count). The van der Waals surface area contributed by atoms with Gasteiger partial charge in [0.15, 0.2) is 11.8 Å². The van der Waals surface area contributed by atoms with Crippen LogP contribution in [0.2, 0.25) is 10.0 Å². The molecule has 0 saturated carbocycles. The first kappa shape index (κ1) is 14.8. The van der Waals surface area contributed by atoms with Gasteiger partial charge in [-0.3, -0.25) is 4.79 Å². The van der Waals surface area contributed by atoms with Crippen molar-refractivity contribution in [2.45, 2.75) is 19.9 Å². The summed E-state index contributed by atoms with van der Waals surface area (Å²) in [6.07, 6.45) is 0. The van der Waals surface area contributed by atoms with Crippen LogP contribution in [0.5, 0.6) is 0 Å². The van der Waals surface area contributed by atoms with E-state index >= 15 is 0 Å². The highest BCUT2D eigenvalue weighted by Gasteiger charge is 2.24. The first-order chi connectivity index (χ1) is 8.45. The molecular weight excluding hydrogens is 277 g/mol. The molecule has 98 valence electrons.